The van der Waals surface area contributed by atoms with Crippen LogP contribution in [-0.4, -0.2) is 47.0 Å². The molecular weight excluding hydrogens is 300 g/mol. The number of hydrogen-bond acceptors (Lipinski definition) is 4. The quantitative estimate of drug-likeness (QED) is 0.747. The average molecular weight is 321 g/mol. The van der Waals surface area contributed by atoms with Crippen molar-refractivity contribution < 1.29 is 17.2 Å². The Morgan fingerprint density at radius 2 is 1.95 bits per heavy atom. The average Bonchev–Trinajstić information content (AvgIpc) is 2.42. The molecule has 0 heterocycles. The minimum atomic E-state index is -4.08. The summed E-state index contributed by atoms with van der Waals surface area (Å²) in [5.41, 5.74) is 0.363. The van der Waals surface area contributed by atoms with Crippen LogP contribution in [0.5, 0.6) is 0 Å². The molecule has 0 atom stereocenters. The molecule has 0 bridgehead atoms. The normalized spacial score (nSPS) is 12.1. The molecule has 2 N–H and O–H groups in total. The second kappa shape index (κ2) is 7.79. The monoisotopic (exact) mass is 321 g/mol. The Labute approximate surface area is 124 Å². The van der Waals surface area contributed by atoms with Crippen LogP contribution in [0.1, 0.15) is 12.5 Å². The Bertz CT molecular complexity index is 579. The van der Waals surface area contributed by atoms with Gasteiger partial charge in [-0.3, -0.25) is 0 Å². The van der Waals surface area contributed by atoms with Gasteiger partial charge in [0.15, 0.2) is 11.6 Å². The highest BCUT2D eigenvalue weighted by molar-refractivity contribution is 7.89. The summed E-state index contributed by atoms with van der Waals surface area (Å²) in [6.07, 6.45) is 0. The van der Waals surface area contributed by atoms with E-state index in [1.54, 1.807) is 7.05 Å². The summed E-state index contributed by atoms with van der Waals surface area (Å²) in [5.74, 6) is -2.53. The molecule has 5 nitrogen and oxygen atoms in total. The minimum absolute atomic E-state index is 0.129. The van der Waals surface area contributed by atoms with Crippen molar-refractivity contribution in [3.8, 4) is 0 Å². The number of sulfonamides is 1. The Morgan fingerprint density at radius 3 is 2.52 bits per heavy atom. The van der Waals surface area contributed by atoms with Crippen LogP contribution >= 0.6 is 0 Å². The van der Waals surface area contributed by atoms with E-state index >= 15 is 0 Å². The standard InChI is InChI=1S/C13H21F2N3O2S/c1-4-18(3)6-5-17-21(19,20)12-8-10(9-16-2)7-11(14)13(12)15/h7-8,16-17H,4-6,9H2,1-3H3. The fourth-order valence-corrected chi connectivity index (χ4v) is 2.88. The molecule has 0 unspecified atom stereocenters. The van der Waals surface area contributed by atoms with Crippen molar-refractivity contribution >= 4 is 10.0 Å². The lowest BCUT2D eigenvalue weighted by Crippen LogP contribution is -2.33. The Hall–Kier alpha value is -1.09. The molecule has 0 aliphatic heterocycles. The summed E-state index contributed by atoms with van der Waals surface area (Å²) in [4.78, 5) is 1.24. The van der Waals surface area contributed by atoms with Gasteiger partial charge in [0.05, 0.1) is 0 Å². The van der Waals surface area contributed by atoms with Crippen molar-refractivity contribution in [2.24, 2.45) is 0 Å². The first-order valence-corrected chi connectivity index (χ1v) is 8.10. The smallest absolute Gasteiger partial charge is 0.243 e. The van der Waals surface area contributed by atoms with Gasteiger partial charge in [0.25, 0.3) is 0 Å². The summed E-state index contributed by atoms with van der Waals surface area (Å²) in [6.45, 7) is 3.56. The van der Waals surface area contributed by atoms with Crippen LogP contribution in [0.3, 0.4) is 0 Å². The predicted molar refractivity (Wildman–Crippen MR) is 77.5 cm³/mol. The fraction of sp³-hybridized carbons (Fsp3) is 0.538. The van der Waals surface area contributed by atoms with Crippen LogP contribution in [0.15, 0.2) is 17.0 Å². The molecule has 21 heavy (non-hydrogen) atoms. The third-order valence-electron chi connectivity index (χ3n) is 3.05. The van der Waals surface area contributed by atoms with Crippen LogP contribution < -0.4 is 10.0 Å². The zero-order chi connectivity index (χ0) is 16.0. The highest BCUT2D eigenvalue weighted by Crippen LogP contribution is 2.19. The molecule has 0 radical (unpaired) electrons. The summed E-state index contributed by atoms with van der Waals surface area (Å²) in [6, 6.07) is 2.12. The van der Waals surface area contributed by atoms with Gasteiger partial charge >= 0.3 is 0 Å². The second-order valence-electron chi connectivity index (χ2n) is 4.71. The van der Waals surface area contributed by atoms with E-state index in [9.17, 15) is 17.2 Å². The van der Waals surface area contributed by atoms with Crippen molar-refractivity contribution in [1.82, 2.24) is 14.9 Å². The van der Waals surface area contributed by atoms with Gasteiger partial charge in [0.2, 0.25) is 10.0 Å². The molecule has 0 fully saturated rings. The van der Waals surface area contributed by atoms with Crippen LogP contribution in [0.25, 0.3) is 0 Å². The number of nitrogens with zero attached hydrogens (tertiary/aromatic N) is 1. The van der Waals surface area contributed by atoms with Gasteiger partial charge in [-0.1, -0.05) is 6.92 Å². The minimum Gasteiger partial charge on any atom is -0.316 e. The Kier molecular flexibility index (Phi) is 6.66. The molecule has 0 saturated heterocycles. The van der Waals surface area contributed by atoms with Gasteiger partial charge in [-0.05, 0) is 38.3 Å². The number of benzene rings is 1. The molecule has 0 saturated carbocycles. The first-order chi connectivity index (χ1) is 9.81. The summed E-state index contributed by atoms with van der Waals surface area (Å²) in [7, 11) is -0.609. The van der Waals surface area contributed by atoms with Crippen molar-refractivity contribution in [1.29, 1.82) is 0 Å². The van der Waals surface area contributed by atoms with Crippen LogP contribution in [0, 0.1) is 11.6 Å². The van der Waals surface area contributed by atoms with E-state index in [4.69, 9.17) is 0 Å². The maximum absolute atomic E-state index is 13.7. The number of rotatable bonds is 8. The van der Waals surface area contributed by atoms with Gasteiger partial charge < -0.3 is 10.2 Å². The molecule has 1 rings (SSSR count). The molecule has 120 valence electrons. The maximum Gasteiger partial charge on any atom is 0.243 e. The van der Waals surface area contributed by atoms with Gasteiger partial charge in [-0.2, -0.15) is 0 Å². The molecule has 1 aromatic carbocycles. The van der Waals surface area contributed by atoms with E-state index in [1.165, 1.54) is 0 Å². The van der Waals surface area contributed by atoms with E-state index in [0.29, 0.717) is 12.1 Å². The van der Waals surface area contributed by atoms with Crippen molar-refractivity contribution in [2.45, 2.75) is 18.4 Å². The lowest BCUT2D eigenvalue weighted by Gasteiger charge is -2.15. The van der Waals surface area contributed by atoms with Gasteiger partial charge in [0.1, 0.15) is 4.90 Å². The SMILES string of the molecule is CCN(C)CCNS(=O)(=O)c1cc(CNC)cc(F)c1F. The number of likely N-dealkylation sites (N-methyl/N-ethyl adjacent to an activating group) is 1. The van der Waals surface area contributed by atoms with Crippen LogP contribution in [-0.2, 0) is 16.6 Å². The maximum atomic E-state index is 13.7. The van der Waals surface area contributed by atoms with Crippen molar-refractivity contribution in [3.63, 3.8) is 0 Å². The van der Waals surface area contributed by atoms with E-state index in [2.05, 4.69) is 10.0 Å². The third-order valence-corrected chi connectivity index (χ3v) is 4.51. The van der Waals surface area contributed by atoms with E-state index in [-0.39, 0.29) is 13.1 Å². The number of halogens is 2. The molecular formula is C13H21F2N3O2S. The zero-order valence-electron chi connectivity index (χ0n) is 12.4. The Morgan fingerprint density at radius 1 is 1.29 bits per heavy atom. The third kappa shape index (κ3) is 4.99. The fourth-order valence-electron chi connectivity index (χ4n) is 1.73. The molecule has 0 aromatic heterocycles. The molecule has 0 aliphatic rings. The number of nitrogens with one attached hydrogen (secondary N) is 2. The zero-order valence-corrected chi connectivity index (χ0v) is 13.2. The first kappa shape index (κ1) is 18.0. The lowest BCUT2D eigenvalue weighted by molar-refractivity contribution is 0.357. The van der Waals surface area contributed by atoms with Crippen molar-refractivity contribution in [3.05, 3.63) is 29.3 Å². The number of hydrogen-bond donors (Lipinski definition) is 2. The lowest BCUT2D eigenvalue weighted by atomic mass is 10.2. The molecule has 8 heteroatoms. The Balaban J connectivity index is 2.96. The summed E-state index contributed by atoms with van der Waals surface area (Å²) in [5, 5.41) is 2.76. The highest BCUT2D eigenvalue weighted by atomic mass is 32.2. The highest BCUT2D eigenvalue weighted by Gasteiger charge is 2.22. The van der Waals surface area contributed by atoms with Gasteiger partial charge in [-0.25, -0.2) is 21.9 Å². The largest absolute Gasteiger partial charge is 0.316 e. The summed E-state index contributed by atoms with van der Waals surface area (Å²) >= 11 is 0. The van der Waals surface area contributed by atoms with Gasteiger partial charge in [0, 0.05) is 19.6 Å². The van der Waals surface area contributed by atoms with E-state index in [1.807, 2.05) is 18.9 Å². The van der Waals surface area contributed by atoms with Gasteiger partial charge in [-0.15, -0.1) is 0 Å². The molecule has 0 amide bonds. The van der Waals surface area contributed by atoms with Crippen LogP contribution in [0.2, 0.25) is 0 Å². The van der Waals surface area contributed by atoms with E-state index < -0.39 is 26.6 Å². The molecule has 0 aliphatic carbocycles. The first-order valence-electron chi connectivity index (χ1n) is 6.62. The van der Waals surface area contributed by atoms with Crippen molar-refractivity contribution in [2.75, 3.05) is 33.7 Å². The summed E-state index contributed by atoms with van der Waals surface area (Å²) < 4.78 is 53.7. The van der Waals surface area contributed by atoms with Crippen LogP contribution in [0.4, 0.5) is 8.78 Å². The molecule has 0 spiro atoms. The molecule has 1 aromatic rings. The second-order valence-corrected chi connectivity index (χ2v) is 6.45. The topological polar surface area (TPSA) is 61.4 Å². The predicted octanol–water partition coefficient (Wildman–Crippen LogP) is 0.914. The van der Waals surface area contributed by atoms with E-state index in [0.717, 1.165) is 18.7 Å².